The van der Waals surface area contributed by atoms with Crippen molar-refractivity contribution in [3.8, 4) is 11.4 Å². The molecule has 1 atom stereocenters. The summed E-state index contributed by atoms with van der Waals surface area (Å²) in [6.07, 6.45) is 3.12. The normalized spacial score (nSPS) is 15.9. The van der Waals surface area contributed by atoms with Gasteiger partial charge in [0.15, 0.2) is 0 Å². The molecule has 7 heteroatoms. The number of aromatic nitrogens is 2. The van der Waals surface area contributed by atoms with Crippen LogP contribution in [0.15, 0.2) is 21.3 Å². The van der Waals surface area contributed by atoms with Gasteiger partial charge in [-0.25, -0.2) is 0 Å². The van der Waals surface area contributed by atoms with E-state index in [1.807, 2.05) is 16.8 Å². The average molecular weight is 306 g/mol. The van der Waals surface area contributed by atoms with Crippen molar-refractivity contribution in [1.82, 2.24) is 15.5 Å². The fraction of sp³-hybridized carbons (Fsp3) is 0.500. The van der Waals surface area contributed by atoms with Crippen LogP contribution in [-0.4, -0.2) is 28.6 Å². The number of nitrogens with zero attached hydrogens (tertiary/aromatic N) is 2. The number of aryl methyl sites for hydroxylation is 1. The van der Waals surface area contributed by atoms with Gasteiger partial charge in [0.05, 0.1) is 0 Å². The maximum absolute atomic E-state index is 11.9. The molecule has 0 saturated heterocycles. The molecule has 0 aliphatic heterocycles. The van der Waals surface area contributed by atoms with Crippen molar-refractivity contribution in [1.29, 1.82) is 0 Å². The minimum absolute atomic E-state index is 0.00682. The second-order valence-corrected chi connectivity index (χ2v) is 6.05. The summed E-state index contributed by atoms with van der Waals surface area (Å²) in [7, 11) is 0. The third-order valence-electron chi connectivity index (χ3n) is 3.60. The quantitative estimate of drug-likeness (QED) is 0.810. The maximum Gasteiger partial charge on any atom is 0.227 e. The van der Waals surface area contributed by atoms with Crippen LogP contribution in [0.3, 0.4) is 0 Å². The second kappa shape index (κ2) is 6.36. The standard InChI is InChI=1S/C14H18N4O2S/c15-7-11(9-1-2-9)16-12(19)3-4-13-17-14(18-20-13)10-5-6-21-8-10/h5-6,8-9,11H,1-4,7,15H2,(H,16,19). The van der Waals surface area contributed by atoms with E-state index in [2.05, 4.69) is 15.5 Å². The van der Waals surface area contributed by atoms with E-state index in [1.54, 1.807) is 11.3 Å². The molecule has 0 radical (unpaired) electrons. The van der Waals surface area contributed by atoms with Crippen LogP contribution in [0, 0.1) is 5.92 Å². The lowest BCUT2D eigenvalue weighted by molar-refractivity contribution is -0.121. The minimum Gasteiger partial charge on any atom is -0.352 e. The lowest BCUT2D eigenvalue weighted by Gasteiger charge is -2.15. The molecule has 1 fully saturated rings. The Morgan fingerprint density at radius 2 is 2.43 bits per heavy atom. The lowest BCUT2D eigenvalue weighted by Crippen LogP contribution is -2.41. The molecule has 2 heterocycles. The van der Waals surface area contributed by atoms with Crippen molar-refractivity contribution in [3.63, 3.8) is 0 Å². The Morgan fingerprint density at radius 3 is 3.10 bits per heavy atom. The summed E-state index contributed by atoms with van der Waals surface area (Å²) >= 11 is 1.58. The number of amides is 1. The number of nitrogens with two attached hydrogens (primary N) is 1. The Labute approximate surface area is 126 Å². The predicted molar refractivity (Wildman–Crippen MR) is 79.6 cm³/mol. The van der Waals surface area contributed by atoms with Gasteiger partial charge in [0.25, 0.3) is 0 Å². The van der Waals surface area contributed by atoms with E-state index in [4.69, 9.17) is 10.3 Å². The summed E-state index contributed by atoms with van der Waals surface area (Å²) in [6, 6.07) is 2.05. The first-order valence-electron chi connectivity index (χ1n) is 7.11. The van der Waals surface area contributed by atoms with Crippen LogP contribution < -0.4 is 11.1 Å². The van der Waals surface area contributed by atoms with E-state index in [-0.39, 0.29) is 11.9 Å². The highest BCUT2D eigenvalue weighted by Crippen LogP contribution is 2.32. The first-order chi connectivity index (χ1) is 10.3. The van der Waals surface area contributed by atoms with Gasteiger partial charge in [-0.15, -0.1) is 0 Å². The van der Waals surface area contributed by atoms with Crippen LogP contribution in [0.2, 0.25) is 0 Å². The molecular weight excluding hydrogens is 288 g/mol. The second-order valence-electron chi connectivity index (χ2n) is 5.27. The van der Waals surface area contributed by atoms with Crippen LogP contribution in [-0.2, 0) is 11.2 Å². The zero-order valence-electron chi connectivity index (χ0n) is 11.6. The van der Waals surface area contributed by atoms with Crippen LogP contribution in [0.25, 0.3) is 11.4 Å². The fourth-order valence-corrected chi connectivity index (χ4v) is 2.87. The van der Waals surface area contributed by atoms with Gasteiger partial charge in [0.2, 0.25) is 17.6 Å². The summed E-state index contributed by atoms with van der Waals surface area (Å²) in [5.41, 5.74) is 6.61. The molecule has 0 aromatic carbocycles. The summed E-state index contributed by atoms with van der Waals surface area (Å²) in [4.78, 5) is 16.2. The number of carbonyl (C=O) groups excluding carboxylic acids is 1. The van der Waals surface area contributed by atoms with Crippen molar-refractivity contribution in [3.05, 3.63) is 22.7 Å². The van der Waals surface area contributed by atoms with Crippen molar-refractivity contribution in [2.75, 3.05) is 6.54 Å². The van der Waals surface area contributed by atoms with E-state index in [0.717, 1.165) is 18.4 Å². The van der Waals surface area contributed by atoms with Crippen LogP contribution in [0.4, 0.5) is 0 Å². The molecule has 2 aromatic rings. The van der Waals surface area contributed by atoms with Crippen LogP contribution in [0.5, 0.6) is 0 Å². The van der Waals surface area contributed by atoms with Gasteiger partial charge in [-0.05, 0) is 30.2 Å². The molecule has 1 unspecified atom stereocenters. The molecule has 0 spiro atoms. The lowest BCUT2D eigenvalue weighted by atomic mass is 10.1. The zero-order valence-corrected chi connectivity index (χ0v) is 12.4. The smallest absolute Gasteiger partial charge is 0.227 e. The summed E-state index contributed by atoms with van der Waals surface area (Å²) in [5.74, 6) is 1.62. The third kappa shape index (κ3) is 3.68. The van der Waals surface area contributed by atoms with Gasteiger partial charge in [-0.3, -0.25) is 4.79 Å². The highest BCUT2D eigenvalue weighted by Gasteiger charge is 2.31. The van der Waals surface area contributed by atoms with Gasteiger partial charge in [-0.1, -0.05) is 5.16 Å². The first kappa shape index (κ1) is 14.2. The monoisotopic (exact) mass is 306 g/mol. The number of thiophene rings is 1. The van der Waals surface area contributed by atoms with Crippen LogP contribution >= 0.6 is 11.3 Å². The SMILES string of the molecule is NCC(NC(=O)CCc1nc(-c2ccsc2)no1)C1CC1. The molecule has 1 aliphatic carbocycles. The van der Waals surface area contributed by atoms with Gasteiger partial charge in [-0.2, -0.15) is 16.3 Å². The highest BCUT2D eigenvalue weighted by molar-refractivity contribution is 7.08. The zero-order chi connectivity index (χ0) is 14.7. The maximum atomic E-state index is 11.9. The summed E-state index contributed by atoms with van der Waals surface area (Å²) in [6.45, 7) is 0.499. The Kier molecular flexibility index (Phi) is 4.31. The summed E-state index contributed by atoms with van der Waals surface area (Å²) in [5, 5.41) is 10.8. The highest BCUT2D eigenvalue weighted by atomic mass is 32.1. The van der Waals surface area contributed by atoms with Crippen molar-refractivity contribution >= 4 is 17.2 Å². The van der Waals surface area contributed by atoms with Gasteiger partial charge in [0.1, 0.15) is 0 Å². The Bertz CT molecular complexity index is 592. The molecular formula is C14H18N4O2S. The van der Waals surface area contributed by atoms with Gasteiger partial charge >= 0.3 is 0 Å². The Balaban J connectivity index is 1.49. The molecule has 6 nitrogen and oxygen atoms in total. The molecule has 1 saturated carbocycles. The van der Waals surface area contributed by atoms with E-state index < -0.39 is 0 Å². The molecule has 21 heavy (non-hydrogen) atoms. The first-order valence-corrected chi connectivity index (χ1v) is 8.05. The minimum atomic E-state index is -0.00682. The third-order valence-corrected chi connectivity index (χ3v) is 4.29. The van der Waals surface area contributed by atoms with Crippen molar-refractivity contribution in [2.45, 2.75) is 31.7 Å². The molecule has 2 aromatic heterocycles. The molecule has 112 valence electrons. The topological polar surface area (TPSA) is 94.0 Å². The molecule has 0 bridgehead atoms. The molecule has 3 N–H and O–H groups in total. The van der Waals surface area contributed by atoms with E-state index in [9.17, 15) is 4.79 Å². The van der Waals surface area contributed by atoms with Crippen molar-refractivity contribution < 1.29 is 9.32 Å². The van der Waals surface area contributed by atoms with E-state index in [1.165, 1.54) is 0 Å². The van der Waals surface area contributed by atoms with Gasteiger partial charge < -0.3 is 15.6 Å². The van der Waals surface area contributed by atoms with Gasteiger partial charge in [0, 0.05) is 36.4 Å². The number of hydrogen-bond donors (Lipinski definition) is 2. The molecule has 3 rings (SSSR count). The fourth-order valence-electron chi connectivity index (χ4n) is 2.23. The van der Waals surface area contributed by atoms with Crippen molar-refractivity contribution in [2.24, 2.45) is 11.7 Å². The average Bonchev–Trinajstić information content (AvgIpc) is 3.01. The predicted octanol–water partition coefficient (Wildman–Crippen LogP) is 1.58. The van der Waals surface area contributed by atoms with E-state index in [0.29, 0.717) is 37.0 Å². The number of nitrogens with one attached hydrogen (secondary N) is 1. The molecule has 1 aliphatic rings. The Morgan fingerprint density at radius 1 is 1.57 bits per heavy atom. The Hall–Kier alpha value is -1.73. The number of hydrogen-bond acceptors (Lipinski definition) is 6. The molecule has 1 amide bonds. The summed E-state index contributed by atoms with van der Waals surface area (Å²) < 4.78 is 5.17. The van der Waals surface area contributed by atoms with Crippen LogP contribution in [0.1, 0.15) is 25.2 Å². The largest absolute Gasteiger partial charge is 0.352 e. The number of carbonyl (C=O) groups is 1. The van der Waals surface area contributed by atoms with E-state index >= 15 is 0 Å². The number of rotatable bonds is 7.